The van der Waals surface area contributed by atoms with Gasteiger partial charge in [0.15, 0.2) is 0 Å². The average Bonchev–Trinajstić information content (AvgIpc) is 3.07. The van der Waals surface area contributed by atoms with E-state index in [0.29, 0.717) is 18.1 Å². The molecule has 104 valence electrons. The van der Waals surface area contributed by atoms with Gasteiger partial charge in [-0.2, -0.15) is 0 Å². The van der Waals surface area contributed by atoms with Crippen LogP contribution in [-0.2, 0) is 0 Å². The Hall–Kier alpha value is -1.68. The standard InChI is InChI=1S/C16H18FN3/c17-12-3-1-11(2-4-12)16-9-18-10-20(16)15-7-13-5-6-14(8-15)19-13/h1-4,9-10,13-15,19H,5-8H2. The van der Waals surface area contributed by atoms with Gasteiger partial charge in [0.2, 0.25) is 0 Å². The quantitative estimate of drug-likeness (QED) is 0.909. The van der Waals surface area contributed by atoms with Crippen molar-refractivity contribution in [2.75, 3.05) is 0 Å². The number of halogens is 1. The minimum Gasteiger partial charge on any atom is -0.327 e. The first-order valence-corrected chi connectivity index (χ1v) is 7.33. The Bertz CT molecular complexity index is 592. The fourth-order valence-electron chi connectivity index (χ4n) is 3.69. The molecule has 2 saturated heterocycles. The van der Waals surface area contributed by atoms with Crippen molar-refractivity contribution in [3.63, 3.8) is 0 Å². The van der Waals surface area contributed by atoms with Gasteiger partial charge in [-0.15, -0.1) is 0 Å². The van der Waals surface area contributed by atoms with Crippen LogP contribution in [0.25, 0.3) is 11.3 Å². The minimum absolute atomic E-state index is 0.195. The van der Waals surface area contributed by atoms with E-state index >= 15 is 0 Å². The molecule has 20 heavy (non-hydrogen) atoms. The highest BCUT2D eigenvalue weighted by Gasteiger charge is 2.34. The maximum absolute atomic E-state index is 13.1. The molecule has 0 spiro atoms. The third-order valence-corrected chi connectivity index (χ3v) is 4.65. The topological polar surface area (TPSA) is 29.9 Å². The van der Waals surface area contributed by atoms with E-state index in [1.54, 1.807) is 0 Å². The van der Waals surface area contributed by atoms with Gasteiger partial charge < -0.3 is 9.88 Å². The lowest BCUT2D eigenvalue weighted by atomic mass is 9.99. The van der Waals surface area contributed by atoms with Gasteiger partial charge in [-0.05, 0) is 55.5 Å². The number of piperidine rings is 1. The minimum atomic E-state index is -0.195. The van der Waals surface area contributed by atoms with Crippen LogP contribution in [0.5, 0.6) is 0 Å². The third-order valence-electron chi connectivity index (χ3n) is 4.65. The predicted molar refractivity (Wildman–Crippen MR) is 75.8 cm³/mol. The van der Waals surface area contributed by atoms with Crippen LogP contribution in [0.15, 0.2) is 36.8 Å². The summed E-state index contributed by atoms with van der Waals surface area (Å²) in [5, 5.41) is 3.67. The third kappa shape index (κ3) is 2.04. The molecule has 2 aromatic rings. The van der Waals surface area contributed by atoms with Crippen molar-refractivity contribution < 1.29 is 4.39 Å². The molecule has 2 atom stereocenters. The molecule has 2 aliphatic heterocycles. The van der Waals surface area contributed by atoms with E-state index in [-0.39, 0.29) is 5.82 Å². The summed E-state index contributed by atoms with van der Waals surface area (Å²) in [5.74, 6) is -0.195. The first-order chi connectivity index (χ1) is 9.79. The van der Waals surface area contributed by atoms with Gasteiger partial charge in [0, 0.05) is 18.1 Å². The summed E-state index contributed by atoms with van der Waals surface area (Å²) in [4.78, 5) is 4.32. The molecule has 0 amide bonds. The summed E-state index contributed by atoms with van der Waals surface area (Å²) < 4.78 is 15.3. The van der Waals surface area contributed by atoms with Crippen LogP contribution in [0.1, 0.15) is 31.7 Å². The number of fused-ring (bicyclic) bond motifs is 2. The zero-order chi connectivity index (χ0) is 13.5. The van der Waals surface area contributed by atoms with Crippen molar-refractivity contribution >= 4 is 0 Å². The number of rotatable bonds is 2. The van der Waals surface area contributed by atoms with Crippen molar-refractivity contribution in [1.29, 1.82) is 0 Å². The zero-order valence-electron chi connectivity index (χ0n) is 11.3. The molecule has 1 aromatic carbocycles. The van der Waals surface area contributed by atoms with Crippen molar-refractivity contribution in [3.8, 4) is 11.3 Å². The molecule has 4 heteroatoms. The summed E-state index contributed by atoms with van der Waals surface area (Å²) in [6, 6.07) is 8.51. The highest BCUT2D eigenvalue weighted by atomic mass is 19.1. The number of nitrogens with one attached hydrogen (secondary N) is 1. The Morgan fingerprint density at radius 2 is 1.80 bits per heavy atom. The van der Waals surface area contributed by atoms with E-state index in [9.17, 15) is 4.39 Å². The fraction of sp³-hybridized carbons (Fsp3) is 0.438. The maximum atomic E-state index is 13.1. The first-order valence-electron chi connectivity index (χ1n) is 7.33. The first kappa shape index (κ1) is 12.1. The van der Waals surface area contributed by atoms with Crippen LogP contribution in [0, 0.1) is 5.82 Å². The second-order valence-corrected chi connectivity index (χ2v) is 5.96. The Morgan fingerprint density at radius 3 is 2.50 bits per heavy atom. The SMILES string of the molecule is Fc1ccc(-c2cncn2C2CC3CCC(C2)N3)cc1. The highest BCUT2D eigenvalue weighted by Crippen LogP contribution is 2.36. The molecular weight excluding hydrogens is 253 g/mol. The number of imidazole rings is 1. The number of aromatic nitrogens is 2. The smallest absolute Gasteiger partial charge is 0.123 e. The second-order valence-electron chi connectivity index (χ2n) is 5.96. The molecule has 4 rings (SSSR count). The number of hydrogen-bond acceptors (Lipinski definition) is 2. The van der Waals surface area contributed by atoms with Crippen LogP contribution in [0.2, 0.25) is 0 Å². The van der Waals surface area contributed by atoms with Crippen molar-refractivity contribution in [2.45, 2.75) is 43.8 Å². The fourth-order valence-corrected chi connectivity index (χ4v) is 3.69. The van der Waals surface area contributed by atoms with Gasteiger partial charge in [0.25, 0.3) is 0 Å². The Morgan fingerprint density at radius 1 is 1.10 bits per heavy atom. The molecule has 0 saturated carbocycles. The zero-order valence-corrected chi connectivity index (χ0v) is 11.3. The van der Waals surface area contributed by atoms with Gasteiger partial charge in [-0.25, -0.2) is 9.37 Å². The van der Waals surface area contributed by atoms with E-state index < -0.39 is 0 Å². The van der Waals surface area contributed by atoms with E-state index in [1.165, 1.54) is 37.8 Å². The molecule has 3 nitrogen and oxygen atoms in total. The van der Waals surface area contributed by atoms with Crippen LogP contribution in [0.4, 0.5) is 4.39 Å². The Labute approximate surface area is 117 Å². The monoisotopic (exact) mass is 271 g/mol. The van der Waals surface area contributed by atoms with Crippen LogP contribution in [-0.4, -0.2) is 21.6 Å². The van der Waals surface area contributed by atoms with Gasteiger partial charge in [-0.3, -0.25) is 0 Å². The van der Waals surface area contributed by atoms with Crippen LogP contribution >= 0.6 is 0 Å². The van der Waals surface area contributed by atoms with Gasteiger partial charge in [0.1, 0.15) is 5.82 Å². The summed E-state index contributed by atoms with van der Waals surface area (Å²) in [5.41, 5.74) is 2.13. The maximum Gasteiger partial charge on any atom is 0.123 e. The summed E-state index contributed by atoms with van der Waals surface area (Å²) in [7, 11) is 0. The molecule has 0 aliphatic carbocycles. The van der Waals surface area contributed by atoms with Crippen LogP contribution < -0.4 is 5.32 Å². The molecular formula is C16H18FN3. The lowest BCUT2D eigenvalue weighted by Gasteiger charge is -2.31. The molecule has 2 unspecified atom stereocenters. The molecule has 1 aromatic heterocycles. The van der Waals surface area contributed by atoms with Crippen molar-refractivity contribution in [3.05, 3.63) is 42.6 Å². The highest BCUT2D eigenvalue weighted by molar-refractivity contribution is 5.58. The molecule has 1 N–H and O–H groups in total. The van der Waals surface area contributed by atoms with Gasteiger partial charge >= 0.3 is 0 Å². The van der Waals surface area contributed by atoms with Gasteiger partial charge in [-0.1, -0.05) is 0 Å². The summed E-state index contributed by atoms with van der Waals surface area (Å²) in [6.45, 7) is 0. The molecule has 2 aliphatic rings. The number of nitrogens with zero attached hydrogens (tertiary/aromatic N) is 2. The van der Waals surface area contributed by atoms with E-state index in [4.69, 9.17) is 0 Å². The van der Waals surface area contributed by atoms with Crippen LogP contribution in [0.3, 0.4) is 0 Å². The lowest BCUT2D eigenvalue weighted by Crippen LogP contribution is -2.38. The van der Waals surface area contributed by atoms with E-state index in [0.717, 1.165) is 11.3 Å². The molecule has 2 fully saturated rings. The summed E-state index contributed by atoms with van der Waals surface area (Å²) in [6.07, 6.45) is 8.73. The molecule has 3 heterocycles. The van der Waals surface area contributed by atoms with Crippen molar-refractivity contribution in [2.24, 2.45) is 0 Å². The average molecular weight is 271 g/mol. The lowest BCUT2D eigenvalue weighted by molar-refractivity contribution is 0.300. The molecule has 2 bridgehead atoms. The summed E-state index contributed by atoms with van der Waals surface area (Å²) >= 11 is 0. The van der Waals surface area contributed by atoms with E-state index in [1.807, 2.05) is 24.7 Å². The number of hydrogen-bond donors (Lipinski definition) is 1. The normalized spacial score (nSPS) is 28.8. The van der Waals surface area contributed by atoms with Gasteiger partial charge in [0.05, 0.1) is 18.2 Å². The Kier molecular flexibility index (Phi) is 2.84. The van der Waals surface area contributed by atoms with Crippen molar-refractivity contribution in [1.82, 2.24) is 14.9 Å². The van der Waals surface area contributed by atoms with E-state index in [2.05, 4.69) is 14.9 Å². The second kappa shape index (κ2) is 4.70. The Balaban J connectivity index is 1.66. The number of benzene rings is 1. The largest absolute Gasteiger partial charge is 0.327 e. The predicted octanol–water partition coefficient (Wildman–Crippen LogP) is 3.14. The molecule has 0 radical (unpaired) electrons.